The molecule has 0 heterocycles. The first-order valence-electron chi connectivity index (χ1n) is 11.9. The maximum absolute atomic E-state index is 12.0. The van der Waals surface area contributed by atoms with E-state index < -0.39 is 6.04 Å². The summed E-state index contributed by atoms with van der Waals surface area (Å²) in [6, 6.07) is 17.7. The van der Waals surface area contributed by atoms with E-state index in [2.05, 4.69) is 15.5 Å². The van der Waals surface area contributed by atoms with Gasteiger partial charge in [-0.1, -0.05) is 55.8 Å². The molecule has 0 spiro atoms. The Morgan fingerprint density at radius 3 is 2.41 bits per heavy atom. The quantitative estimate of drug-likeness (QED) is 0.0769. The molecule has 1 amide bonds. The van der Waals surface area contributed by atoms with Gasteiger partial charge in [0, 0.05) is 18.1 Å². The van der Waals surface area contributed by atoms with E-state index in [1.807, 2.05) is 37.3 Å². The second kappa shape index (κ2) is 12.4. The molecule has 0 bridgehead atoms. The molecule has 0 saturated heterocycles. The number of aromatic hydroxyl groups is 1. The van der Waals surface area contributed by atoms with Crippen molar-refractivity contribution >= 4 is 17.5 Å². The summed E-state index contributed by atoms with van der Waals surface area (Å²) in [6.45, 7) is 5.13. The average molecular weight is 502 g/mol. The summed E-state index contributed by atoms with van der Waals surface area (Å²) >= 11 is 0. The van der Waals surface area contributed by atoms with E-state index in [-0.39, 0.29) is 35.4 Å². The number of hydrogen-bond donors (Lipinski definition) is 4. The Bertz CT molecular complexity index is 1320. The normalized spacial score (nSPS) is 12.0. The van der Waals surface area contributed by atoms with Gasteiger partial charge in [-0.05, 0) is 48.2 Å². The molecule has 37 heavy (non-hydrogen) atoms. The van der Waals surface area contributed by atoms with E-state index >= 15 is 0 Å². The van der Waals surface area contributed by atoms with E-state index in [0.29, 0.717) is 23.3 Å². The highest BCUT2D eigenvalue weighted by molar-refractivity contribution is 5.99. The zero-order valence-electron chi connectivity index (χ0n) is 21.1. The van der Waals surface area contributed by atoms with Crippen LogP contribution in [0.2, 0.25) is 0 Å². The zero-order chi connectivity index (χ0) is 26.9. The highest BCUT2D eigenvalue weighted by atomic mass is 16.5. The van der Waals surface area contributed by atoms with Crippen LogP contribution in [0.4, 0.5) is 0 Å². The van der Waals surface area contributed by atoms with Crippen LogP contribution in [0.15, 0.2) is 70.9 Å². The van der Waals surface area contributed by atoms with Crippen LogP contribution in [0.3, 0.4) is 0 Å². The molecule has 0 fully saturated rings. The molecular weight excluding hydrogens is 470 g/mol. The molecule has 3 rings (SSSR count). The van der Waals surface area contributed by atoms with Crippen LogP contribution in [0.1, 0.15) is 71.4 Å². The number of ether oxygens (including phenoxy) is 1. The first-order valence-corrected chi connectivity index (χ1v) is 11.9. The van der Waals surface area contributed by atoms with Crippen molar-refractivity contribution in [1.29, 1.82) is 5.53 Å². The van der Waals surface area contributed by atoms with E-state index in [9.17, 15) is 14.7 Å². The minimum Gasteiger partial charge on any atom is -0.507 e. The lowest BCUT2D eigenvalue weighted by molar-refractivity contribution is -0.119. The van der Waals surface area contributed by atoms with Crippen molar-refractivity contribution in [3.63, 3.8) is 0 Å². The first kappa shape index (κ1) is 27.1. The summed E-state index contributed by atoms with van der Waals surface area (Å²) in [4.78, 5) is 23.8. The smallest absolute Gasteiger partial charge is 0.217 e. The van der Waals surface area contributed by atoms with Gasteiger partial charge in [0.05, 0.1) is 11.6 Å². The van der Waals surface area contributed by atoms with Crippen molar-refractivity contribution in [1.82, 2.24) is 5.32 Å². The Morgan fingerprint density at radius 2 is 1.81 bits per heavy atom. The SMILES string of the molecule is CCCc1c(OCc2ccc(C(NC(C)=O)c3cccc(C(N=N)=NN)c3)cc2)ccc(C(C)=O)c1O. The number of rotatable bonds is 10. The maximum atomic E-state index is 12.0. The predicted molar refractivity (Wildman–Crippen MR) is 141 cm³/mol. The van der Waals surface area contributed by atoms with Gasteiger partial charge in [0.2, 0.25) is 5.91 Å². The molecule has 0 aliphatic carbocycles. The van der Waals surface area contributed by atoms with Crippen LogP contribution in [0, 0.1) is 5.53 Å². The minimum absolute atomic E-state index is 0.0244. The van der Waals surface area contributed by atoms with Gasteiger partial charge in [-0.25, -0.2) is 5.53 Å². The lowest BCUT2D eigenvalue weighted by Crippen LogP contribution is -2.27. The maximum Gasteiger partial charge on any atom is 0.217 e. The number of benzene rings is 3. The summed E-state index contributed by atoms with van der Waals surface area (Å²) < 4.78 is 6.01. The standard InChI is InChI=1S/C28H31N5O4/c1-4-6-24-25(14-13-23(17(2)34)27(24)36)37-16-19-9-11-20(12-10-19)26(31-18(3)35)21-7-5-8-22(15-21)28(32-29)33-30/h5,7-15,26,29,36H,4,6,16,30H2,1-3H3,(H,31,35). The number of amidine groups is 1. The summed E-state index contributed by atoms with van der Waals surface area (Å²) in [5.74, 6) is 5.55. The molecule has 0 saturated carbocycles. The monoisotopic (exact) mass is 501 g/mol. The van der Waals surface area contributed by atoms with E-state index in [4.69, 9.17) is 16.1 Å². The number of phenolic OH excluding ortho intramolecular Hbond substituents is 1. The fourth-order valence-electron chi connectivity index (χ4n) is 4.08. The molecule has 5 N–H and O–H groups in total. The van der Waals surface area contributed by atoms with Gasteiger partial charge >= 0.3 is 0 Å². The number of hydrazone groups is 1. The van der Waals surface area contributed by atoms with Gasteiger partial charge in [0.15, 0.2) is 11.6 Å². The number of amides is 1. The Hall–Kier alpha value is -4.53. The molecule has 1 unspecified atom stereocenters. The summed E-state index contributed by atoms with van der Waals surface area (Å²) in [6.07, 6.45) is 1.38. The van der Waals surface area contributed by atoms with Gasteiger partial charge in [-0.2, -0.15) is 5.10 Å². The Balaban J connectivity index is 1.84. The number of nitrogens with one attached hydrogen (secondary N) is 2. The highest BCUT2D eigenvalue weighted by Crippen LogP contribution is 2.33. The number of Topliss-reactive ketones (excluding diaryl/α,β-unsaturated/α-hetero) is 1. The third kappa shape index (κ3) is 6.58. The number of hydrogen-bond acceptors (Lipinski definition) is 7. The molecule has 192 valence electrons. The molecule has 3 aromatic carbocycles. The number of carbonyl (C=O) groups is 2. The van der Waals surface area contributed by atoms with Gasteiger partial charge in [-0.15, -0.1) is 5.11 Å². The predicted octanol–water partition coefficient (Wildman–Crippen LogP) is 5.00. The second-order valence-electron chi connectivity index (χ2n) is 8.60. The van der Waals surface area contributed by atoms with Gasteiger partial charge in [0.25, 0.3) is 0 Å². The third-order valence-corrected chi connectivity index (χ3v) is 5.88. The van der Waals surface area contributed by atoms with Crippen molar-refractivity contribution in [2.45, 2.75) is 46.3 Å². The molecule has 9 nitrogen and oxygen atoms in total. The van der Waals surface area contributed by atoms with Crippen LogP contribution in [0.5, 0.6) is 11.5 Å². The van der Waals surface area contributed by atoms with Crippen molar-refractivity contribution < 1.29 is 19.4 Å². The molecule has 0 aliphatic heterocycles. The average Bonchev–Trinajstić information content (AvgIpc) is 2.88. The Morgan fingerprint density at radius 1 is 1.08 bits per heavy atom. The summed E-state index contributed by atoms with van der Waals surface area (Å²) in [5, 5.41) is 20.4. The van der Waals surface area contributed by atoms with Crippen LogP contribution in [-0.4, -0.2) is 22.6 Å². The lowest BCUT2D eigenvalue weighted by Gasteiger charge is -2.20. The lowest BCUT2D eigenvalue weighted by atomic mass is 9.96. The Kier molecular flexibility index (Phi) is 9.10. The van der Waals surface area contributed by atoms with Crippen LogP contribution >= 0.6 is 0 Å². The fourth-order valence-corrected chi connectivity index (χ4v) is 4.08. The minimum atomic E-state index is -0.440. The van der Waals surface area contributed by atoms with Crippen LogP contribution in [-0.2, 0) is 17.8 Å². The molecule has 0 radical (unpaired) electrons. The van der Waals surface area contributed by atoms with E-state index in [1.54, 1.807) is 30.3 Å². The Labute approximate surface area is 215 Å². The third-order valence-electron chi connectivity index (χ3n) is 5.88. The molecule has 1 atom stereocenters. The summed E-state index contributed by atoms with van der Waals surface area (Å²) in [5.41, 5.74) is 11.3. The number of ketones is 1. The van der Waals surface area contributed by atoms with E-state index in [1.165, 1.54) is 13.8 Å². The van der Waals surface area contributed by atoms with Crippen LogP contribution < -0.4 is 15.9 Å². The van der Waals surface area contributed by atoms with Gasteiger partial charge in [0.1, 0.15) is 18.1 Å². The summed E-state index contributed by atoms with van der Waals surface area (Å²) in [7, 11) is 0. The number of phenols is 1. The highest BCUT2D eigenvalue weighted by Gasteiger charge is 2.18. The van der Waals surface area contributed by atoms with Crippen LogP contribution in [0.25, 0.3) is 0 Å². The van der Waals surface area contributed by atoms with E-state index in [0.717, 1.165) is 23.1 Å². The van der Waals surface area contributed by atoms with Crippen molar-refractivity contribution in [3.05, 3.63) is 94.0 Å². The zero-order valence-corrected chi connectivity index (χ0v) is 21.1. The molecule has 0 aliphatic rings. The fraction of sp³-hybridized carbons (Fsp3) is 0.250. The van der Waals surface area contributed by atoms with Gasteiger partial charge in [-0.3, -0.25) is 9.59 Å². The number of carbonyl (C=O) groups excluding carboxylic acids is 2. The van der Waals surface area contributed by atoms with Crippen molar-refractivity contribution in [2.75, 3.05) is 0 Å². The topological polar surface area (TPSA) is 150 Å². The second-order valence-corrected chi connectivity index (χ2v) is 8.60. The molecule has 3 aromatic rings. The molecule has 0 aromatic heterocycles. The van der Waals surface area contributed by atoms with Crippen molar-refractivity contribution in [3.8, 4) is 11.5 Å². The van der Waals surface area contributed by atoms with Crippen molar-refractivity contribution in [2.24, 2.45) is 16.1 Å². The molecule has 9 heteroatoms. The first-order chi connectivity index (χ1) is 17.8. The number of nitrogens with zero attached hydrogens (tertiary/aromatic N) is 2. The number of nitrogens with two attached hydrogens (primary N) is 1. The molecular formula is C28H31N5O4. The largest absolute Gasteiger partial charge is 0.507 e. The van der Waals surface area contributed by atoms with Gasteiger partial charge < -0.3 is 21.0 Å².